The van der Waals surface area contributed by atoms with E-state index in [2.05, 4.69) is 0 Å². The molecule has 1 heterocycles. The quantitative estimate of drug-likeness (QED) is 0.785. The summed E-state index contributed by atoms with van der Waals surface area (Å²) in [5.41, 5.74) is 0.970. The Kier molecular flexibility index (Phi) is 4.79. The molecule has 0 aromatic carbocycles. The van der Waals surface area contributed by atoms with Crippen molar-refractivity contribution in [2.24, 2.45) is 0 Å². The molecule has 0 saturated heterocycles. The van der Waals surface area contributed by atoms with Crippen molar-refractivity contribution < 1.29 is 18.3 Å². The summed E-state index contributed by atoms with van der Waals surface area (Å²) < 4.78 is 27.6. The molecule has 0 aliphatic heterocycles. The summed E-state index contributed by atoms with van der Waals surface area (Å²) in [7, 11) is -2.17. The number of rotatable bonds is 8. The zero-order chi connectivity index (χ0) is 14.8. The normalized spacial score (nSPS) is 15.9. The van der Waals surface area contributed by atoms with Gasteiger partial charge in [-0.05, 0) is 35.2 Å². The van der Waals surface area contributed by atoms with Gasteiger partial charge in [0.15, 0.2) is 0 Å². The van der Waals surface area contributed by atoms with E-state index in [1.807, 2.05) is 16.8 Å². The van der Waals surface area contributed by atoms with Gasteiger partial charge >= 0.3 is 5.97 Å². The first-order valence-electron chi connectivity index (χ1n) is 6.37. The Labute approximate surface area is 122 Å². The molecule has 6 nitrogen and oxygen atoms in total. The van der Waals surface area contributed by atoms with Crippen molar-refractivity contribution >= 4 is 27.5 Å². The minimum absolute atomic E-state index is 0.00940. The summed E-state index contributed by atoms with van der Waals surface area (Å²) in [5, 5.41) is 12.5. The fraction of sp³-hybridized carbons (Fsp3) is 0.583. The fourth-order valence-corrected chi connectivity index (χ4v) is 4.11. The van der Waals surface area contributed by atoms with Crippen LogP contribution in [0.5, 0.6) is 0 Å². The van der Waals surface area contributed by atoms with Crippen molar-refractivity contribution in [2.45, 2.75) is 31.8 Å². The van der Waals surface area contributed by atoms with Crippen LogP contribution in [0.1, 0.15) is 24.8 Å². The maximum Gasteiger partial charge on any atom is 0.304 e. The molecule has 0 radical (unpaired) electrons. The van der Waals surface area contributed by atoms with Crippen LogP contribution >= 0.6 is 11.3 Å². The molecule has 8 heteroatoms. The van der Waals surface area contributed by atoms with Gasteiger partial charge in [-0.2, -0.15) is 28.4 Å². The Morgan fingerprint density at radius 2 is 2.20 bits per heavy atom. The second-order valence-electron chi connectivity index (χ2n) is 4.88. The third kappa shape index (κ3) is 3.78. The van der Waals surface area contributed by atoms with E-state index in [9.17, 15) is 13.2 Å². The van der Waals surface area contributed by atoms with E-state index < -0.39 is 16.2 Å². The van der Waals surface area contributed by atoms with E-state index >= 15 is 0 Å². The molecule has 1 aromatic heterocycles. The summed E-state index contributed by atoms with van der Waals surface area (Å²) in [6, 6.07) is 1.96. The summed E-state index contributed by atoms with van der Waals surface area (Å²) in [6.45, 7) is 0.346. The highest BCUT2D eigenvalue weighted by Crippen LogP contribution is 2.32. The van der Waals surface area contributed by atoms with Gasteiger partial charge in [0.05, 0.1) is 6.42 Å². The van der Waals surface area contributed by atoms with Gasteiger partial charge in [-0.15, -0.1) is 0 Å². The average Bonchev–Trinajstić information content (AvgIpc) is 3.09. The van der Waals surface area contributed by atoms with Gasteiger partial charge in [0.25, 0.3) is 10.2 Å². The van der Waals surface area contributed by atoms with Crippen molar-refractivity contribution in [1.82, 2.24) is 8.61 Å². The lowest BCUT2D eigenvalue weighted by Gasteiger charge is -2.27. The lowest BCUT2D eigenvalue weighted by molar-refractivity contribution is -0.137. The smallest absolute Gasteiger partial charge is 0.304 e. The van der Waals surface area contributed by atoms with Crippen molar-refractivity contribution in [3.05, 3.63) is 22.4 Å². The monoisotopic (exact) mass is 318 g/mol. The van der Waals surface area contributed by atoms with Gasteiger partial charge in [0, 0.05) is 26.2 Å². The largest absolute Gasteiger partial charge is 0.481 e. The summed E-state index contributed by atoms with van der Waals surface area (Å²) in [6.07, 6.45) is 1.55. The minimum Gasteiger partial charge on any atom is -0.481 e. The summed E-state index contributed by atoms with van der Waals surface area (Å²) in [4.78, 5) is 10.6. The molecular formula is C12H18N2O4S2. The molecular weight excluding hydrogens is 300 g/mol. The molecule has 0 unspecified atom stereocenters. The molecule has 0 amide bonds. The van der Waals surface area contributed by atoms with Crippen molar-refractivity contribution in [2.75, 3.05) is 13.6 Å². The lowest BCUT2D eigenvalue weighted by atomic mass is 10.3. The van der Waals surface area contributed by atoms with Crippen molar-refractivity contribution in [1.29, 1.82) is 0 Å². The highest BCUT2D eigenvalue weighted by Gasteiger charge is 2.39. The standard InChI is InChI=1S/C12H18N2O4S2/c1-13(6-4-12(15)16)20(17,18)14(11-2-3-11)8-10-5-7-19-9-10/h5,7,9,11H,2-4,6,8H2,1H3,(H,15,16). The first-order valence-corrected chi connectivity index (χ1v) is 8.71. The summed E-state index contributed by atoms with van der Waals surface area (Å²) >= 11 is 1.53. The fourth-order valence-electron chi connectivity index (χ4n) is 1.87. The number of carboxylic acid groups (broad SMARTS) is 1. The lowest BCUT2D eigenvalue weighted by Crippen LogP contribution is -2.43. The molecule has 1 aliphatic rings. The van der Waals surface area contributed by atoms with E-state index in [1.165, 1.54) is 22.7 Å². The van der Waals surface area contributed by atoms with Crippen LogP contribution in [0.4, 0.5) is 0 Å². The Morgan fingerprint density at radius 1 is 1.50 bits per heavy atom. The zero-order valence-electron chi connectivity index (χ0n) is 11.2. The second-order valence-corrected chi connectivity index (χ2v) is 7.65. The molecule has 0 spiro atoms. The molecule has 0 atom stereocenters. The van der Waals surface area contributed by atoms with E-state index in [-0.39, 0.29) is 19.0 Å². The Bertz CT molecular complexity index is 552. The predicted octanol–water partition coefficient (Wildman–Crippen LogP) is 1.36. The van der Waals surface area contributed by atoms with Crippen LogP contribution in [-0.4, -0.2) is 47.7 Å². The topological polar surface area (TPSA) is 77.9 Å². The first-order chi connectivity index (χ1) is 9.41. The average molecular weight is 318 g/mol. The highest BCUT2D eigenvalue weighted by molar-refractivity contribution is 7.86. The van der Waals surface area contributed by atoms with Gasteiger partial charge in [0.2, 0.25) is 0 Å². The molecule has 1 saturated carbocycles. The van der Waals surface area contributed by atoms with E-state index in [1.54, 1.807) is 0 Å². The van der Waals surface area contributed by atoms with E-state index in [0.717, 1.165) is 22.7 Å². The number of carbonyl (C=O) groups is 1. The first kappa shape index (κ1) is 15.4. The Hall–Kier alpha value is -0.960. The number of nitrogens with zero attached hydrogens (tertiary/aromatic N) is 2. The molecule has 0 bridgehead atoms. The van der Waals surface area contributed by atoms with Gasteiger partial charge in [-0.3, -0.25) is 4.79 Å². The summed E-state index contributed by atoms with van der Waals surface area (Å²) in [5.74, 6) is -0.997. The number of hydrogen-bond acceptors (Lipinski definition) is 4. The van der Waals surface area contributed by atoms with E-state index in [4.69, 9.17) is 5.11 Å². The van der Waals surface area contributed by atoms with Crippen LogP contribution in [0, 0.1) is 0 Å². The maximum atomic E-state index is 12.5. The van der Waals surface area contributed by atoms with Crippen molar-refractivity contribution in [3.8, 4) is 0 Å². The van der Waals surface area contributed by atoms with Gasteiger partial charge < -0.3 is 5.11 Å². The van der Waals surface area contributed by atoms with Gasteiger partial charge in [0.1, 0.15) is 0 Å². The molecule has 1 fully saturated rings. The molecule has 1 aromatic rings. The third-order valence-corrected chi connectivity index (χ3v) is 5.93. The van der Waals surface area contributed by atoms with Crippen LogP contribution in [0.3, 0.4) is 0 Å². The second kappa shape index (κ2) is 6.21. The van der Waals surface area contributed by atoms with Crippen LogP contribution < -0.4 is 0 Å². The van der Waals surface area contributed by atoms with Gasteiger partial charge in [-0.25, -0.2) is 0 Å². The van der Waals surface area contributed by atoms with E-state index in [0.29, 0.717) is 6.54 Å². The zero-order valence-corrected chi connectivity index (χ0v) is 12.9. The van der Waals surface area contributed by atoms with Crippen LogP contribution in [0.15, 0.2) is 16.8 Å². The maximum absolute atomic E-state index is 12.5. The van der Waals surface area contributed by atoms with Crippen LogP contribution in [0.25, 0.3) is 0 Å². The molecule has 20 heavy (non-hydrogen) atoms. The van der Waals surface area contributed by atoms with Crippen LogP contribution in [-0.2, 0) is 21.5 Å². The molecule has 2 rings (SSSR count). The predicted molar refractivity (Wildman–Crippen MR) is 76.7 cm³/mol. The molecule has 1 aliphatic carbocycles. The molecule has 1 N–H and O–H groups in total. The number of thiophene rings is 1. The SMILES string of the molecule is CN(CCC(=O)O)S(=O)(=O)N(Cc1ccsc1)C1CC1. The third-order valence-electron chi connectivity index (χ3n) is 3.20. The molecule has 112 valence electrons. The van der Waals surface area contributed by atoms with Crippen molar-refractivity contribution in [3.63, 3.8) is 0 Å². The van der Waals surface area contributed by atoms with Crippen LogP contribution in [0.2, 0.25) is 0 Å². The Balaban J connectivity index is 2.08. The number of hydrogen-bond donors (Lipinski definition) is 1. The number of aliphatic carboxylic acids is 1. The van der Waals surface area contributed by atoms with Gasteiger partial charge in [-0.1, -0.05) is 0 Å². The minimum atomic E-state index is -3.60. The number of carboxylic acids is 1. The highest BCUT2D eigenvalue weighted by atomic mass is 32.2. The Morgan fingerprint density at radius 3 is 2.70 bits per heavy atom.